The quantitative estimate of drug-likeness (QED) is 0.940. The summed E-state index contributed by atoms with van der Waals surface area (Å²) >= 11 is 0. The van der Waals surface area contributed by atoms with Crippen LogP contribution >= 0.6 is 0 Å². The first-order chi connectivity index (χ1) is 11.5. The molecule has 1 N–H and O–H groups in total. The number of aromatic amines is 1. The molecule has 0 saturated carbocycles. The van der Waals surface area contributed by atoms with Gasteiger partial charge in [-0.3, -0.25) is 9.59 Å². The molecule has 0 spiro atoms. The highest BCUT2D eigenvalue weighted by atomic mass is 19.1. The zero-order valence-corrected chi connectivity index (χ0v) is 14.1. The number of rotatable bonds is 3. The van der Waals surface area contributed by atoms with Crippen LogP contribution in [0.3, 0.4) is 0 Å². The van der Waals surface area contributed by atoms with E-state index in [-0.39, 0.29) is 17.6 Å². The Hall–Kier alpha value is -2.37. The summed E-state index contributed by atoms with van der Waals surface area (Å²) in [7, 11) is 0. The second-order valence-electron chi connectivity index (χ2n) is 6.24. The number of halogens is 1. The van der Waals surface area contributed by atoms with Crippen LogP contribution in [0.2, 0.25) is 0 Å². The van der Waals surface area contributed by atoms with E-state index < -0.39 is 0 Å². The van der Waals surface area contributed by atoms with Crippen LogP contribution in [0.5, 0.6) is 0 Å². The van der Waals surface area contributed by atoms with Crippen molar-refractivity contribution in [2.24, 2.45) is 0 Å². The molecule has 6 heteroatoms. The van der Waals surface area contributed by atoms with Crippen molar-refractivity contribution in [3.8, 4) is 0 Å². The Kier molecular flexibility index (Phi) is 4.55. The summed E-state index contributed by atoms with van der Waals surface area (Å²) in [6.45, 7) is 5.88. The topological polar surface area (TPSA) is 56.4 Å². The maximum absolute atomic E-state index is 13.6. The molecule has 3 rings (SSSR count). The van der Waals surface area contributed by atoms with E-state index in [0.717, 1.165) is 17.3 Å². The Morgan fingerprint density at radius 1 is 1.17 bits per heavy atom. The highest BCUT2D eigenvalue weighted by Gasteiger charge is 2.25. The van der Waals surface area contributed by atoms with Gasteiger partial charge in [-0.25, -0.2) is 4.39 Å². The fraction of sp³-hybridized carbons (Fsp3) is 0.444. The Balaban J connectivity index is 1.72. The van der Waals surface area contributed by atoms with E-state index >= 15 is 0 Å². The lowest BCUT2D eigenvalue weighted by molar-refractivity contribution is -0.132. The number of aromatic nitrogens is 1. The second-order valence-corrected chi connectivity index (χ2v) is 6.24. The van der Waals surface area contributed by atoms with Crippen LogP contribution in [0.4, 0.5) is 4.39 Å². The molecule has 1 aliphatic rings. The smallest absolute Gasteiger partial charge is 0.270 e. The average molecular weight is 331 g/mol. The van der Waals surface area contributed by atoms with Crippen molar-refractivity contribution in [2.45, 2.75) is 26.7 Å². The first kappa shape index (κ1) is 16.5. The maximum Gasteiger partial charge on any atom is 0.270 e. The fourth-order valence-electron chi connectivity index (χ4n) is 3.14. The van der Waals surface area contributed by atoms with Crippen LogP contribution in [-0.4, -0.2) is 52.8 Å². The van der Waals surface area contributed by atoms with Gasteiger partial charge in [0.05, 0.1) is 0 Å². The molecule has 0 atom stereocenters. The average Bonchev–Trinajstić information content (AvgIpc) is 3.03. The molecule has 1 aliphatic heterocycles. The van der Waals surface area contributed by atoms with Gasteiger partial charge in [0.25, 0.3) is 5.91 Å². The number of carbonyl (C=O) groups is 2. The van der Waals surface area contributed by atoms with Crippen molar-refractivity contribution in [1.82, 2.24) is 14.8 Å². The second kappa shape index (κ2) is 6.63. The van der Waals surface area contributed by atoms with Gasteiger partial charge in [0, 0.05) is 43.5 Å². The third-order valence-corrected chi connectivity index (χ3v) is 4.62. The zero-order valence-electron chi connectivity index (χ0n) is 14.1. The molecule has 1 fully saturated rings. The van der Waals surface area contributed by atoms with Crippen molar-refractivity contribution in [2.75, 3.05) is 26.2 Å². The monoisotopic (exact) mass is 331 g/mol. The minimum Gasteiger partial charge on any atom is -0.351 e. The zero-order chi connectivity index (χ0) is 17.3. The summed E-state index contributed by atoms with van der Waals surface area (Å²) in [6.07, 6.45) is 1.39. The fourth-order valence-corrected chi connectivity index (χ4v) is 3.14. The molecule has 0 bridgehead atoms. The molecule has 0 radical (unpaired) electrons. The maximum atomic E-state index is 13.6. The first-order valence-corrected chi connectivity index (χ1v) is 8.36. The molecule has 1 aromatic heterocycles. The lowest BCUT2D eigenvalue weighted by Gasteiger charge is -2.34. The molecule has 128 valence electrons. The molecule has 5 nitrogen and oxygen atoms in total. The van der Waals surface area contributed by atoms with Gasteiger partial charge in [0.1, 0.15) is 11.5 Å². The molecule has 2 heterocycles. The van der Waals surface area contributed by atoms with Crippen molar-refractivity contribution in [3.05, 3.63) is 35.3 Å². The number of nitrogens with zero attached hydrogens (tertiary/aromatic N) is 2. The van der Waals surface area contributed by atoms with E-state index in [1.165, 1.54) is 6.07 Å². The van der Waals surface area contributed by atoms with Crippen molar-refractivity contribution in [1.29, 1.82) is 0 Å². The molecular formula is C18H22FN3O2. The van der Waals surface area contributed by atoms with Crippen LogP contribution in [0.25, 0.3) is 10.9 Å². The molecule has 0 unspecified atom stereocenters. The number of benzene rings is 1. The Morgan fingerprint density at radius 2 is 1.83 bits per heavy atom. The van der Waals surface area contributed by atoms with E-state index in [2.05, 4.69) is 4.98 Å². The van der Waals surface area contributed by atoms with Crippen LogP contribution in [0.15, 0.2) is 18.2 Å². The van der Waals surface area contributed by atoms with Gasteiger partial charge >= 0.3 is 0 Å². The normalized spacial score (nSPS) is 15.1. The number of H-pyrrole nitrogens is 1. The summed E-state index contributed by atoms with van der Waals surface area (Å²) in [5.74, 6) is -0.224. The third-order valence-electron chi connectivity index (χ3n) is 4.62. The SMILES string of the molecule is CCCC(=O)N1CCN(C(=O)c2cc3c(C)c(F)ccc3[nH]2)CC1. The van der Waals surface area contributed by atoms with Crippen LogP contribution in [-0.2, 0) is 4.79 Å². The van der Waals surface area contributed by atoms with Gasteiger partial charge in [-0.15, -0.1) is 0 Å². The first-order valence-electron chi connectivity index (χ1n) is 8.36. The summed E-state index contributed by atoms with van der Waals surface area (Å²) in [4.78, 5) is 31.2. The summed E-state index contributed by atoms with van der Waals surface area (Å²) in [6, 6.07) is 4.76. The van der Waals surface area contributed by atoms with Gasteiger partial charge in [-0.05, 0) is 37.1 Å². The predicted molar refractivity (Wildman–Crippen MR) is 90.4 cm³/mol. The van der Waals surface area contributed by atoms with E-state index in [1.54, 1.807) is 24.0 Å². The summed E-state index contributed by atoms with van der Waals surface area (Å²) in [5, 5.41) is 0.732. The molecule has 0 aliphatic carbocycles. The number of aryl methyl sites for hydroxylation is 1. The van der Waals surface area contributed by atoms with Crippen LogP contribution < -0.4 is 0 Å². The lowest BCUT2D eigenvalue weighted by atomic mass is 10.1. The van der Waals surface area contributed by atoms with Gasteiger partial charge in [-0.2, -0.15) is 0 Å². The largest absolute Gasteiger partial charge is 0.351 e. The number of hydrogen-bond acceptors (Lipinski definition) is 2. The van der Waals surface area contributed by atoms with Crippen molar-refractivity contribution < 1.29 is 14.0 Å². The Labute approximate surface area is 140 Å². The molecule has 24 heavy (non-hydrogen) atoms. The van der Waals surface area contributed by atoms with E-state index in [1.807, 2.05) is 11.8 Å². The van der Waals surface area contributed by atoms with Gasteiger partial charge in [0.2, 0.25) is 5.91 Å². The molecule has 1 aromatic carbocycles. The third kappa shape index (κ3) is 3.00. The van der Waals surface area contributed by atoms with Crippen LogP contribution in [0.1, 0.15) is 35.8 Å². The predicted octanol–water partition coefficient (Wildman–Crippen LogP) is 2.70. The summed E-state index contributed by atoms with van der Waals surface area (Å²) < 4.78 is 13.6. The minimum absolute atomic E-state index is 0.103. The van der Waals surface area contributed by atoms with E-state index in [0.29, 0.717) is 43.9 Å². The van der Waals surface area contributed by atoms with E-state index in [4.69, 9.17) is 0 Å². The summed E-state index contributed by atoms with van der Waals surface area (Å²) in [5.41, 5.74) is 1.76. The number of fused-ring (bicyclic) bond motifs is 1. The lowest BCUT2D eigenvalue weighted by Crippen LogP contribution is -2.50. The number of piperazine rings is 1. The Morgan fingerprint density at radius 3 is 2.50 bits per heavy atom. The molecular weight excluding hydrogens is 309 g/mol. The number of carbonyl (C=O) groups excluding carboxylic acids is 2. The minimum atomic E-state index is -0.274. The van der Waals surface area contributed by atoms with Crippen molar-refractivity contribution >= 4 is 22.7 Å². The number of amides is 2. The van der Waals surface area contributed by atoms with Gasteiger partial charge in [-0.1, -0.05) is 6.92 Å². The van der Waals surface area contributed by atoms with E-state index in [9.17, 15) is 14.0 Å². The van der Waals surface area contributed by atoms with Gasteiger partial charge < -0.3 is 14.8 Å². The molecule has 2 aromatic rings. The van der Waals surface area contributed by atoms with Crippen LogP contribution in [0, 0.1) is 12.7 Å². The molecule has 2 amide bonds. The highest BCUT2D eigenvalue weighted by molar-refractivity contribution is 5.99. The van der Waals surface area contributed by atoms with Gasteiger partial charge in [0.15, 0.2) is 0 Å². The standard InChI is InChI=1S/C18H22FN3O2/c1-3-4-17(23)21-7-9-22(10-8-21)18(24)16-11-13-12(2)14(19)5-6-15(13)20-16/h5-6,11,20H,3-4,7-10H2,1-2H3. The highest BCUT2D eigenvalue weighted by Crippen LogP contribution is 2.23. The molecule has 1 saturated heterocycles. The number of nitrogens with one attached hydrogen (secondary N) is 1. The number of hydrogen-bond donors (Lipinski definition) is 1. The van der Waals surface area contributed by atoms with Crippen molar-refractivity contribution in [3.63, 3.8) is 0 Å². The Bertz CT molecular complexity index is 776.